The van der Waals surface area contributed by atoms with Gasteiger partial charge in [-0.05, 0) is 60.5 Å². The summed E-state index contributed by atoms with van der Waals surface area (Å²) in [6.07, 6.45) is 0.893. The summed E-state index contributed by atoms with van der Waals surface area (Å²) in [5.41, 5.74) is 2.04. The minimum Gasteiger partial charge on any atom is -0.497 e. The average Bonchev–Trinajstić information content (AvgIpc) is 2.68. The molecule has 1 unspecified atom stereocenters. The van der Waals surface area contributed by atoms with Gasteiger partial charge in [0.1, 0.15) is 5.75 Å². The number of thiocarbonyl (C=S) groups is 1. The zero-order valence-corrected chi connectivity index (χ0v) is 18.0. The molecule has 0 aliphatic heterocycles. The normalized spacial score (nSPS) is 11.6. The molecule has 0 heterocycles. The van der Waals surface area contributed by atoms with Crippen LogP contribution in [0.1, 0.15) is 42.2 Å². The molecule has 2 aromatic rings. The Hall–Kier alpha value is -2.31. The second-order valence-electron chi connectivity index (χ2n) is 6.74. The van der Waals surface area contributed by atoms with Crippen LogP contribution in [0.2, 0.25) is 5.02 Å². The largest absolute Gasteiger partial charge is 0.497 e. The Labute approximate surface area is 176 Å². The first kappa shape index (κ1) is 22.0. The summed E-state index contributed by atoms with van der Waals surface area (Å²) in [4.78, 5) is 11.7. The molecule has 0 fully saturated rings. The summed E-state index contributed by atoms with van der Waals surface area (Å²) >= 11 is 11.7. The molecule has 0 saturated heterocycles. The fraction of sp³-hybridized carbons (Fsp3) is 0.333. The van der Waals surface area contributed by atoms with Crippen LogP contribution in [0.4, 0.5) is 5.69 Å². The molecule has 2 aromatic carbocycles. The SMILES string of the molecule is COC(=O)c1ccc(Cl)c(NC(=S)NC(CC(C)C)c2ccc(OC)cc2)c1. The fourth-order valence-corrected chi connectivity index (χ4v) is 3.19. The molecule has 28 heavy (non-hydrogen) atoms. The minimum absolute atomic E-state index is 0.0217. The van der Waals surface area contributed by atoms with Crippen molar-refractivity contribution in [2.45, 2.75) is 26.3 Å². The Bertz CT molecular complexity index is 825. The molecular formula is C21H25ClN2O3S. The van der Waals surface area contributed by atoms with E-state index in [4.69, 9.17) is 33.3 Å². The summed E-state index contributed by atoms with van der Waals surface area (Å²) in [5, 5.41) is 7.31. The number of benzene rings is 2. The number of hydrogen-bond donors (Lipinski definition) is 2. The quantitative estimate of drug-likeness (QED) is 0.473. The monoisotopic (exact) mass is 420 g/mol. The van der Waals surface area contributed by atoms with Gasteiger partial charge in [-0.25, -0.2) is 4.79 Å². The standard InChI is InChI=1S/C21H25ClN2O3S/c1-13(2)11-18(14-5-8-16(26-3)9-6-14)23-21(28)24-19-12-15(20(25)27-4)7-10-17(19)22/h5-10,12-13,18H,11H2,1-4H3,(H2,23,24,28). The van der Waals surface area contributed by atoms with Crippen molar-refractivity contribution in [2.24, 2.45) is 5.92 Å². The number of carbonyl (C=O) groups excluding carboxylic acids is 1. The van der Waals surface area contributed by atoms with E-state index in [-0.39, 0.29) is 6.04 Å². The highest BCUT2D eigenvalue weighted by atomic mass is 35.5. The first-order valence-electron chi connectivity index (χ1n) is 8.93. The minimum atomic E-state index is -0.436. The summed E-state index contributed by atoms with van der Waals surface area (Å²) < 4.78 is 9.98. The van der Waals surface area contributed by atoms with Crippen molar-refractivity contribution in [3.63, 3.8) is 0 Å². The van der Waals surface area contributed by atoms with Crippen molar-refractivity contribution >= 4 is 40.6 Å². The second kappa shape index (κ2) is 10.3. The Kier molecular flexibility index (Phi) is 8.08. The third-order valence-corrected chi connectivity index (χ3v) is 4.72. The molecular weight excluding hydrogens is 396 g/mol. The maximum atomic E-state index is 11.7. The van der Waals surface area contributed by atoms with Gasteiger partial charge < -0.3 is 20.1 Å². The van der Waals surface area contributed by atoms with E-state index in [2.05, 4.69) is 24.5 Å². The third kappa shape index (κ3) is 6.11. The molecule has 0 radical (unpaired) electrons. The number of carbonyl (C=O) groups is 1. The van der Waals surface area contributed by atoms with Crippen LogP contribution >= 0.6 is 23.8 Å². The molecule has 7 heteroatoms. The number of nitrogens with one attached hydrogen (secondary N) is 2. The lowest BCUT2D eigenvalue weighted by Crippen LogP contribution is -2.33. The molecule has 0 aliphatic carbocycles. The van der Waals surface area contributed by atoms with Gasteiger partial charge >= 0.3 is 5.97 Å². The van der Waals surface area contributed by atoms with Crippen molar-refractivity contribution in [3.8, 4) is 5.75 Å². The highest BCUT2D eigenvalue weighted by molar-refractivity contribution is 7.80. The highest BCUT2D eigenvalue weighted by Crippen LogP contribution is 2.26. The molecule has 0 spiro atoms. The Morgan fingerprint density at radius 2 is 1.82 bits per heavy atom. The molecule has 0 aliphatic rings. The predicted molar refractivity (Wildman–Crippen MR) is 117 cm³/mol. The molecule has 0 saturated carbocycles. The average molecular weight is 421 g/mol. The van der Waals surface area contributed by atoms with E-state index in [1.807, 2.05) is 24.3 Å². The van der Waals surface area contributed by atoms with Gasteiger partial charge in [-0.1, -0.05) is 37.6 Å². The number of halogens is 1. The van der Waals surface area contributed by atoms with Crippen molar-refractivity contribution < 1.29 is 14.3 Å². The molecule has 5 nitrogen and oxygen atoms in total. The molecule has 0 bridgehead atoms. The van der Waals surface area contributed by atoms with Crippen molar-refractivity contribution in [2.75, 3.05) is 19.5 Å². The van der Waals surface area contributed by atoms with Gasteiger partial charge in [0, 0.05) is 0 Å². The van der Waals surface area contributed by atoms with E-state index in [9.17, 15) is 4.79 Å². The number of anilines is 1. The van der Waals surface area contributed by atoms with Gasteiger partial charge in [0.15, 0.2) is 5.11 Å². The predicted octanol–water partition coefficient (Wildman–Crippen LogP) is 5.21. The number of rotatable bonds is 7. The van der Waals surface area contributed by atoms with Crippen molar-refractivity contribution in [1.82, 2.24) is 5.32 Å². The van der Waals surface area contributed by atoms with E-state index in [1.54, 1.807) is 25.3 Å². The molecule has 0 amide bonds. The molecule has 150 valence electrons. The number of hydrogen-bond acceptors (Lipinski definition) is 4. The summed E-state index contributed by atoms with van der Waals surface area (Å²) in [7, 11) is 2.98. The van der Waals surface area contributed by atoms with E-state index in [1.165, 1.54) is 7.11 Å². The van der Waals surface area contributed by atoms with Gasteiger partial charge in [-0.2, -0.15) is 0 Å². The van der Waals surface area contributed by atoms with Crippen molar-refractivity contribution in [1.29, 1.82) is 0 Å². The number of esters is 1. The van der Waals surface area contributed by atoms with E-state index < -0.39 is 5.97 Å². The van der Waals surface area contributed by atoms with Gasteiger partial charge in [-0.3, -0.25) is 0 Å². The molecule has 2 rings (SSSR count). The van der Waals surface area contributed by atoms with Crippen LogP contribution in [0.3, 0.4) is 0 Å². The summed E-state index contributed by atoms with van der Waals surface area (Å²) in [6.45, 7) is 4.32. The van der Waals surface area contributed by atoms with E-state index in [0.717, 1.165) is 17.7 Å². The van der Waals surface area contributed by atoms with E-state index in [0.29, 0.717) is 27.3 Å². The van der Waals surface area contributed by atoms with Crippen LogP contribution in [0.15, 0.2) is 42.5 Å². The van der Waals surface area contributed by atoms with Gasteiger partial charge in [-0.15, -0.1) is 0 Å². The van der Waals surface area contributed by atoms with Crippen LogP contribution in [0.5, 0.6) is 5.75 Å². The molecule has 2 N–H and O–H groups in total. The van der Waals surface area contributed by atoms with Crippen LogP contribution in [-0.4, -0.2) is 25.3 Å². The fourth-order valence-electron chi connectivity index (χ4n) is 2.77. The lowest BCUT2D eigenvalue weighted by Gasteiger charge is -2.23. The Morgan fingerprint density at radius 1 is 1.14 bits per heavy atom. The maximum absolute atomic E-state index is 11.7. The van der Waals surface area contributed by atoms with Crippen LogP contribution in [0.25, 0.3) is 0 Å². The first-order chi connectivity index (χ1) is 13.3. The van der Waals surface area contributed by atoms with Crippen molar-refractivity contribution in [3.05, 3.63) is 58.6 Å². The number of ether oxygens (including phenoxy) is 2. The van der Waals surface area contributed by atoms with E-state index >= 15 is 0 Å². The Balaban J connectivity index is 2.16. The first-order valence-corrected chi connectivity index (χ1v) is 9.72. The lowest BCUT2D eigenvalue weighted by atomic mass is 9.97. The van der Waals surface area contributed by atoms with Crippen LogP contribution in [0, 0.1) is 5.92 Å². The molecule has 0 aromatic heterocycles. The van der Waals surface area contributed by atoms with Crippen LogP contribution in [-0.2, 0) is 4.74 Å². The van der Waals surface area contributed by atoms with Gasteiger partial charge in [0.05, 0.1) is 36.5 Å². The maximum Gasteiger partial charge on any atom is 0.337 e. The van der Waals surface area contributed by atoms with Crippen LogP contribution < -0.4 is 15.4 Å². The summed E-state index contributed by atoms with van der Waals surface area (Å²) in [5.74, 6) is 0.835. The lowest BCUT2D eigenvalue weighted by molar-refractivity contribution is 0.0601. The third-order valence-electron chi connectivity index (χ3n) is 4.17. The zero-order valence-electron chi connectivity index (χ0n) is 16.4. The Morgan fingerprint density at radius 3 is 2.39 bits per heavy atom. The van der Waals surface area contributed by atoms with Gasteiger partial charge in [0.25, 0.3) is 0 Å². The number of methoxy groups -OCH3 is 2. The summed E-state index contributed by atoms with van der Waals surface area (Å²) in [6, 6.07) is 12.8. The molecule has 1 atom stereocenters. The second-order valence-corrected chi connectivity index (χ2v) is 7.56. The zero-order chi connectivity index (χ0) is 20.7. The van der Waals surface area contributed by atoms with Gasteiger partial charge in [0.2, 0.25) is 0 Å². The smallest absolute Gasteiger partial charge is 0.337 e. The highest BCUT2D eigenvalue weighted by Gasteiger charge is 2.16. The topological polar surface area (TPSA) is 59.6 Å².